The van der Waals surface area contributed by atoms with E-state index in [0.29, 0.717) is 29.3 Å². The number of benzene rings is 1. The largest absolute Gasteiger partial charge is 0.508 e. The Balaban J connectivity index is 1.66. The van der Waals surface area contributed by atoms with Crippen LogP contribution < -0.4 is 5.56 Å². The molecule has 6 rings (SSSR count). The van der Waals surface area contributed by atoms with Crippen LogP contribution in [0.4, 0.5) is 0 Å². The van der Waals surface area contributed by atoms with Gasteiger partial charge in [-0.1, -0.05) is 19.8 Å². The second kappa shape index (κ2) is 6.65. The first kappa shape index (κ1) is 19.5. The highest BCUT2D eigenvalue weighted by atomic mass is 16.6. The average Bonchev–Trinajstić information content (AvgIpc) is 3.44. The predicted molar refractivity (Wildman–Crippen MR) is 117 cm³/mol. The number of phenols is 1. The molecule has 0 bridgehead atoms. The maximum absolute atomic E-state index is 13.5. The Kier molecular flexibility index (Phi) is 4.05. The minimum absolute atomic E-state index is 0.117. The quantitative estimate of drug-likeness (QED) is 0.471. The van der Waals surface area contributed by atoms with Crippen molar-refractivity contribution in [1.29, 1.82) is 0 Å². The van der Waals surface area contributed by atoms with Gasteiger partial charge in [-0.15, -0.1) is 0 Å². The van der Waals surface area contributed by atoms with Crippen molar-refractivity contribution >= 4 is 16.9 Å². The Labute approximate surface area is 184 Å². The molecule has 7 nitrogen and oxygen atoms in total. The van der Waals surface area contributed by atoms with Crippen molar-refractivity contribution in [2.24, 2.45) is 0 Å². The number of carbonyl (C=O) groups is 1. The van der Waals surface area contributed by atoms with Gasteiger partial charge in [0.05, 0.1) is 29.0 Å². The lowest BCUT2D eigenvalue weighted by molar-refractivity contribution is -0.172. The van der Waals surface area contributed by atoms with Crippen LogP contribution in [-0.4, -0.2) is 25.7 Å². The van der Waals surface area contributed by atoms with Crippen LogP contribution in [0.1, 0.15) is 67.2 Å². The third-order valence-electron chi connectivity index (χ3n) is 7.48. The zero-order valence-electron chi connectivity index (χ0n) is 17.9. The topological polar surface area (TPSA) is 102 Å². The molecule has 1 fully saturated rings. The summed E-state index contributed by atoms with van der Waals surface area (Å²) in [6.45, 7) is 1.95. The number of esters is 1. The number of fused-ring (bicyclic) bond motifs is 5. The Morgan fingerprint density at radius 1 is 1.19 bits per heavy atom. The molecule has 0 amide bonds. The minimum Gasteiger partial charge on any atom is -0.508 e. The van der Waals surface area contributed by atoms with E-state index in [9.17, 15) is 19.8 Å². The van der Waals surface area contributed by atoms with Crippen LogP contribution >= 0.6 is 0 Å². The Morgan fingerprint density at radius 3 is 2.72 bits per heavy atom. The number of ether oxygens (including phenoxy) is 1. The lowest BCUT2D eigenvalue weighted by atomic mass is 9.85. The number of aliphatic hydroxyl groups is 1. The first-order valence-electron chi connectivity index (χ1n) is 11.2. The summed E-state index contributed by atoms with van der Waals surface area (Å²) in [5.41, 5.74) is 2.86. The van der Waals surface area contributed by atoms with Gasteiger partial charge in [0.15, 0.2) is 5.60 Å². The molecule has 2 aliphatic heterocycles. The van der Waals surface area contributed by atoms with E-state index in [1.54, 1.807) is 29.7 Å². The number of phenolic OH excluding ortho intramolecular Hbond substituents is 1. The SMILES string of the molecule is CC[C@@]1(O)C(=O)OCc2c1cc1n(c2=O)Cc2c-1nc1ccc(O)cc1c2C1CCCC1. The molecule has 0 unspecified atom stereocenters. The second-order valence-corrected chi connectivity index (χ2v) is 9.14. The normalized spacial score (nSPS) is 22.0. The summed E-state index contributed by atoms with van der Waals surface area (Å²) in [6, 6.07) is 6.96. The average molecular weight is 432 g/mol. The van der Waals surface area contributed by atoms with Gasteiger partial charge in [0.1, 0.15) is 12.4 Å². The Hall–Kier alpha value is -3.19. The summed E-state index contributed by atoms with van der Waals surface area (Å²) in [5, 5.41) is 22.2. The predicted octanol–water partition coefficient (Wildman–Crippen LogP) is 3.44. The van der Waals surface area contributed by atoms with Crippen molar-refractivity contribution < 1.29 is 19.7 Å². The van der Waals surface area contributed by atoms with E-state index in [-0.39, 0.29) is 24.3 Å². The molecular weight excluding hydrogens is 408 g/mol. The summed E-state index contributed by atoms with van der Waals surface area (Å²) >= 11 is 0. The van der Waals surface area contributed by atoms with Gasteiger partial charge < -0.3 is 19.5 Å². The molecule has 1 atom stereocenters. The van der Waals surface area contributed by atoms with Gasteiger partial charge >= 0.3 is 5.97 Å². The van der Waals surface area contributed by atoms with E-state index in [1.807, 2.05) is 6.07 Å². The molecule has 2 aromatic heterocycles. The zero-order chi connectivity index (χ0) is 22.2. The highest BCUT2D eigenvalue weighted by Crippen LogP contribution is 2.46. The third kappa shape index (κ3) is 2.48. The lowest BCUT2D eigenvalue weighted by Crippen LogP contribution is -2.44. The minimum atomic E-state index is -1.83. The molecule has 1 aromatic carbocycles. The second-order valence-electron chi connectivity index (χ2n) is 9.14. The van der Waals surface area contributed by atoms with E-state index in [2.05, 4.69) is 0 Å². The number of hydrogen-bond donors (Lipinski definition) is 2. The number of aromatic nitrogens is 2. The molecular formula is C25H24N2O5. The van der Waals surface area contributed by atoms with Crippen LogP contribution in [0.5, 0.6) is 5.75 Å². The number of carbonyl (C=O) groups excluding carboxylic acids is 1. The van der Waals surface area contributed by atoms with Crippen molar-refractivity contribution in [1.82, 2.24) is 9.55 Å². The van der Waals surface area contributed by atoms with Gasteiger partial charge in [0, 0.05) is 16.5 Å². The zero-order valence-corrected chi connectivity index (χ0v) is 17.9. The molecule has 0 radical (unpaired) electrons. The first-order chi connectivity index (χ1) is 15.4. The van der Waals surface area contributed by atoms with Gasteiger partial charge in [-0.25, -0.2) is 9.78 Å². The first-order valence-corrected chi connectivity index (χ1v) is 11.2. The molecule has 1 saturated carbocycles. The number of cyclic esters (lactones) is 1. The van der Waals surface area contributed by atoms with Crippen molar-refractivity contribution in [3.8, 4) is 17.1 Å². The smallest absolute Gasteiger partial charge is 0.343 e. The van der Waals surface area contributed by atoms with Crippen molar-refractivity contribution in [2.75, 3.05) is 0 Å². The van der Waals surface area contributed by atoms with Crippen LogP contribution in [0, 0.1) is 0 Å². The van der Waals surface area contributed by atoms with E-state index >= 15 is 0 Å². The third-order valence-corrected chi connectivity index (χ3v) is 7.48. The maximum atomic E-state index is 13.5. The molecule has 164 valence electrons. The summed E-state index contributed by atoms with van der Waals surface area (Å²) in [5.74, 6) is -0.165. The summed E-state index contributed by atoms with van der Waals surface area (Å²) in [7, 11) is 0. The summed E-state index contributed by atoms with van der Waals surface area (Å²) < 4.78 is 6.85. The monoisotopic (exact) mass is 432 g/mol. The Morgan fingerprint density at radius 2 is 1.97 bits per heavy atom. The van der Waals surface area contributed by atoms with Crippen LogP contribution in [0.25, 0.3) is 22.3 Å². The van der Waals surface area contributed by atoms with Crippen molar-refractivity contribution in [3.63, 3.8) is 0 Å². The van der Waals surface area contributed by atoms with Gasteiger partial charge in [-0.2, -0.15) is 0 Å². The van der Waals surface area contributed by atoms with Gasteiger partial charge in [-0.05, 0) is 55.0 Å². The van der Waals surface area contributed by atoms with E-state index in [1.165, 1.54) is 0 Å². The van der Waals surface area contributed by atoms with Gasteiger partial charge in [0.2, 0.25) is 0 Å². The van der Waals surface area contributed by atoms with Crippen LogP contribution in [0.2, 0.25) is 0 Å². The molecule has 1 aliphatic carbocycles. The molecule has 7 heteroatoms. The highest BCUT2D eigenvalue weighted by molar-refractivity contribution is 5.90. The van der Waals surface area contributed by atoms with E-state index < -0.39 is 11.6 Å². The van der Waals surface area contributed by atoms with Crippen LogP contribution in [0.15, 0.2) is 29.1 Å². The van der Waals surface area contributed by atoms with E-state index in [0.717, 1.165) is 53.4 Å². The fourth-order valence-corrected chi connectivity index (χ4v) is 5.78. The number of nitrogens with zero attached hydrogens (tertiary/aromatic N) is 2. The maximum Gasteiger partial charge on any atom is 0.343 e. The molecule has 3 aromatic rings. The molecule has 32 heavy (non-hydrogen) atoms. The number of rotatable bonds is 2. The summed E-state index contributed by atoms with van der Waals surface area (Å²) in [4.78, 5) is 30.7. The molecule has 3 aliphatic rings. The van der Waals surface area contributed by atoms with Crippen LogP contribution in [-0.2, 0) is 28.3 Å². The number of pyridine rings is 2. The number of aromatic hydroxyl groups is 1. The van der Waals surface area contributed by atoms with E-state index in [4.69, 9.17) is 9.72 Å². The fourth-order valence-electron chi connectivity index (χ4n) is 5.78. The molecule has 4 heterocycles. The van der Waals surface area contributed by atoms with Crippen LogP contribution in [0.3, 0.4) is 0 Å². The highest BCUT2D eigenvalue weighted by Gasteiger charge is 2.45. The standard InChI is InChI=1S/C25H24N2O5/c1-2-25(31)18-10-20-22-16(11-27(20)23(29)17(18)12-32-24(25)30)21(13-5-3-4-6-13)15-9-14(28)7-8-19(15)26-22/h7-10,13,28,31H,2-6,11-12H2,1H3/t25-/m0/s1. The van der Waals surface area contributed by atoms with Crippen molar-refractivity contribution in [2.45, 2.75) is 63.7 Å². The van der Waals surface area contributed by atoms with Gasteiger partial charge in [0.25, 0.3) is 5.56 Å². The Bertz CT molecular complexity index is 1370. The lowest BCUT2D eigenvalue weighted by Gasteiger charge is -2.31. The molecule has 2 N–H and O–H groups in total. The van der Waals surface area contributed by atoms with Crippen molar-refractivity contribution in [3.05, 3.63) is 56.9 Å². The van der Waals surface area contributed by atoms with Gasteiger partial charge in [-0.3, -0.25) is 4.79 Å². The fraction of sp³-hybridized carbons (Fsp3) is 0.400. The molecule has 0 saturated heterocycles. The summed E-state index contributed by atoms with van der Waals surface area (Å²) in [6.07, 6.45) is 4.58. The molecule has 0 spiro atoms. The number of hydrogen-bond acceptors (Lipinski definition) is 6.